The van der Waals surface area contributed by atoms with E-state index in [9.17, 15) is 9.59 Å². The summed E-state index contributed by atoms with van der Waals surface area (Å²) in [4.78, 5) is 27.7. The second kappa shape index (κ2) is 7.41. The highest BCUT2D eigenvalue weighted by atomic mass is 32.2. The summed E-state index contributed by atoms with van der Waals surface area (Å²) >= 11 is 1.49. The first-order valence-electron chi connectivity index (χ1n) is 8.93. The molecule has 2 aliphatic heterocycles. The summed E-state index contributed by atoms with van der Waals surface area (Å²) in [7, 11) is 0. The molecular formula is C20H21N3O2S. The van der Waals surface area contributed by atoms with E-state index in [1.54, 1.807) is 6.07 Å². The van der Waals surface area contributed by atoms with Crippen LogP contribution in [0.4, 0.5) is 17.1 Å². The maximum atomic E-state index is 12.8. The predicted molar refractivity (Wildman–Crippen MR) is 106 cm³/mol. The third-order valence-electron chi connectivity index (χ3n) is 4.72. The average Bonchev–Trinajstić information content (AvgIpc) is 2.68. The fourth-order valence-electron chi connectivity index (χ4n) is 3.41. The molecule has 0 bridgehead atoms. The summed E-state index contributed by atoms with van der Waals surface area (Å²) in [5.74, 6) is 0.222. The Morgan fingerprint density at radius 3 is 2.73 bits per heavy atom. The molecule has 6 heteroatoms. The van der Waals surface area contributed by atoms with Crippen LogP contribution in [0.5, 0.6) is 0 Å². The van der Waals surface area contributed by atoms with Crippen LogP contribution in [0.25, 0.3) is 0 Å². The Morgan fingerprint density at radius 2 is 1.88 bits per heavy atom. The van der Waals surface area contributed by atoms with E-state index in [1.165, 1.54) is 31.0 Å². The number of nitrogens with zero attached hydrogens (tertiary/aromatic N) is 1. The molecule has 0 aromatic heterocycles. The Morgan fingerprint density at radius 1 is 1.08 bits per heavy atom. The number of amides is 2. The predicted octanol–water partition coefficient (Wildman–Crippen LogP) is 3.97. The number of carbonyl (C=O) groups is 2. The van der Waals surface area contributed by atoms with Gasteiger partial charge in [0, 0.05) is 23.5 Å². The van der Waals surface area contributed by atoms with Crippen molar-refractivity contribution >= 4 is 40.6 Å². The SMILES string of the molecule is O=C1CSc2ccc(C(=O)Nc3ccccc3N3CCCCC3)cc2N1. The number of hydrogen-bond donors (Lipinski definition) is 2. The Labute approximate surface area is 157 Å². The molecule has 26 heavy (non-hydrogen) atoms. The van der Waals surface area contributed by atoms with Gasteiger partial charge in [0.15, 0.2) is 0 Å². The van der Waals surface area contributed by atoms with Crippen LogP contribution in [0.3, 0.4) is 0 Å². The molecule has 0 unspecified atom stereocenters. The molecule has 2 aromatic carbocycles. The Bertz CT molecular complexity index is 847. The molecule has 0 aliphatic carbocycles. The molecule has 2 N–H and O–H groups in total. The van der Waals surface area contributed by atoms with Crippen LogP contribution in [0, 0.1) is 0 Å². The van der Waals surface area contributed by atoms with Gasteiger partial charge in [-0.2, -0.15) is 0 Å². The lowest BCUT2D eigenvalue weighted by atomic mass is 10.1. The van der Waals surface area contributed by atoms with Crippen molar-refractivity contribution in [3.8, 4) is 0 Å². The zero-order valence-corrected chi connectivity index (χ0v) is 15.3. The molecule has 1 fully saturated rings. The Hall–Kier alpha value is -2.47. The molecule has 4 rings (SSSR count). The van der Waals surface area contributed by atoms with E-state index < -0.39 is 0 Å². The van der Waals surface area contributed by atoms with Crippen molar-refractivity contribution in [2.24, 2.45) is 0 Å². The highest BCUT2D eigenvalue weighted by Crippen LogP contribution is 2.33. The number of thioether (sulfide) groups is 1. The topological polar surface area (TPSA) is 61.4 Å². The normalized spacial score (nSPS) is 16.6. The van der Waals surface area contributed by atoms with E-state index in [0.717, 1.165) is 29.4 Å². The van der Waals surface area contributed by atoms with E-state index >= 15 is 0 Å². The maximum absolute atomic E-state index is 12.8. The van der Waals surface area contributed by atoms with Gasteiger partial charge in [-0.1, -0.05) is 12.1 Å². The minimum Gasteiger partial charge on any atom is -0.370 e. The van der Waals surface area contributed by atoms with Crippen molar-refractivity contribution in [3.05, 3.63) is 48.0 Å². The molecular weight excluding hydrogens is 346 g/mol. The zero-order chi connectivity index (χ0) is 17.9. The van der Waals surface area contributed by atoms with E-state index in [2.05, 4.69) is 21.6 Å². The molecule has 2 aromatic rings. The van der Waals surface area contributed by atoms with Crippen LogP contribution >= 0.6 is 11.8 Å². The monoisotopic (exact) mass is 367 g/mol. The second-order valence-corrected chi connectivity index (χ2v) is 7.58. The minimum absolute atomic E-state index is 0.0319. The van der Waals surface area contributed by atoms with Gasteiger partial charge in [0.05, 0.1) is 22.8 Å². The van der Waals surface area contributed by atoms with Crippen LogP contribution in [0.2, 0.25) is 0 Å². The number of para-hydroxylation sites is 2. The summed E-state index contributed by atoms with van der Waals surface area (Å²) in [5, 5.41) is 5.88. The van der Waals surface area contributed by atoms with Crippen molar-refractivity contribution in [3.63, 3.8) is 0 Å². The van der Waals surface area contributed by atoms with E-state index in [1.807, 2.05) is 30.3 Å². The molecule has 0 atom stereocenters. The van der Waals surface area contributed by atoms with Crippen molar-refractivity contribution in [1.82, 2.24) is 0 Å². The first-order chi connectivity index (χ1) is 12.7. The lowest BCUT2D eigenvalue weighted by molar-refractivity contribution is -0.113. The fourth-order valence-corrected chi connectivity index (χ4v) is 4.20. The summed E-state index contributed by atoms with van der Waals surface area (Å²) < 4.78 is 0. The zero-order valence-electron chi connectivity index (χ0n) is 14.5. The number of hydrogen-bond acceptors (Lipinski definition) is 4. The van der Waals surface area contributed by atoms with Gasteiger partial charge in [0.1, 0.15) is 0 Å². The first-order valence-corrected chi connectivity index (χ1v) is 9.91. The third-order valence-corrected chi connectivity index (χ3v) is 5.80. The molecule has 2 heterocycles. The maximum Gasteiger partial charge on any atom is 0.255 e. The molecule has 0 saturated carbocycles. The summed E-state index contributed by atoms with van der Waals surface area (Å²) in [6.45, 7) is 2.05. The number of fused-ring (bicyclic) bond motifs is 1. The van der Waals surface area contributed by atoms with Crippen LogP contribution in [0.15, 0.2) is 47.4 Å². The lowest BCUT2D eigenvalue weighted by Crippen LogP contribution is -2.30. The average molecular weight is 367 g/mol. The summed E-state index contributed by atoms with van der Waals surface area (Å²) in [6.07, 6.45) is 3.64. The van der Waals surface area contributed by atoms with Gasteiger partial charge in [0.25, 0.3) is 5.91 Å². The van der Waals surface area contributed by atoms with Gasteiger partial charge in [-0.05, 0) is 49.6 Å². The minimum atomic E-state index is -0.165. The highest BCUT2D eigenvalue weighted by molar-refractivity contribution is 8.00. The highest BCUT2D eigenvalue weighted by Gasteiger charge is 2.19. The van der Waals surface area contributed by atoms with Crippen molar-refractivity contribution < 1.29 is 9.59 Å². The van der Waals surface area contributed by atoms with Gasteiger partial charge in [-0.25, -0.2) is 0 Å². The van der Waals surface area contributed by atoms with Crippen molar-refractivity contribution in [1.29, 1.82) is 0 Å². The van der Waals surface area contributed by atoms with Gasteiger partial charge in [-0.15, -0.1) is 11.8 Å². The number of piperidine rings is 1. The van der Waals surface area contributed by atoms with Gasteiger partial charge >= 0.3 is 0 Å². The first kappa shape index (κ1) is 17.0. The smallest absolute Gasteiger partial charge is 0.255 e. The molecule has 1 saturated heterocycles. The van der Waals surface area contributed by atoms with Crippen LogP contribution < -0.4 is 15.5 Å². The molecule has 5 nitrogen and oxygen atoms in total. The Balaban J connectivity index is 1.55. The number of anilines is 3. The number of carbonyl (C=O) groups excluding carboxylic acids is 2. The van der Waals surface area contributed by atoms with E-state index in [0.29, 0.717) is 17.0 Å². The van der Waals surface area contributed by atoms with Gasteiger partial charge in [0.2, 0.25) is 5.91 Å². The van der Waals surface area contributed by atoms with E-state index in [4.69, 9.17) is 0 Å². The standard InChI is InChI=1S/C20H21N3O2S/c24-19-13-26-18-9-8-14(12-16(18)21-19)20(25)22-15-6-2-3-7-17(15)23-10-4-1-5-11-23/h2-3,6-9,12H,1,4-5,10-11,13H2,(H,21,24)(H,22,25). The Kier molecular flexibility index (Phi) is 4.84. The number of nitrogens with one attached hydrogen (secondary N) is 2. The van der Waals surface area contributed by atoms with Crippen LogP contribution in [-0.2, 0) is 4.79 Å². The molecule has 2 amide bonds. The van der Waals surface area contributed by atoms with Crippen LogP contribution in [-0.4, -0.2) is 30.7 Å². The second-order valence-electron chi connectivity index (χ2n) is 6.57. The van der Waals surface area contributed by atoms with Crippen molar-refractivity contribution in [2.45, 2.75) is 24.2 Å². The van der Waals surface area contributed by atoms with Gasteiger partial charge < -0.3 is 15.5 Å². The largest absolute Gasteiger partial charge is 0.370 e. The van der Waals surface area contributed by atoms with Crippen LogP contribution in [0.1, 0.15) is 29.6 Å². The van der Waals surface area contributed by atoms with Crippen molar-refractivity contribution in [2.75, 3.05) is 34.4 Å². The number of rotatable bonds is 3. The quantitative estimate of drug-likeness (QED) is 0.862. The fraction of sp³-hybridized carbons (Fsp3) is 0.300. The molecule has 134 valence electrons. The summed E-state index contributed by atoms with van der Waals surface area (Å²) in [6, 6.07) is 13.4. The number of benzene rings is 2. The molecule has 0 radical (unpaired) electrons. The third kappa shape index (κ3) is 3.55. The van der Waals surface area contributed by atoms with Gasteiger partial charge in [-0.3, -0.25) is 9.59 Å². The summed E-state index contributed by atoms with van der Waals surface area (Å²) in [5.41, 5.74) is 3.15. The molecule has 0 spiro atoms. The molecule has 2 aliphatic rings. The van der Waals surface area contributed by atoms with E-state index in [-0.39, 0.29) is 11.8 Å². The lowest BCUT2D eigenvalue weighted by Gasteiger charge is -2.30.